The molecule has 1 aromatic heterocycles. The van der Waals surface area contributed by atoms with E-state index in [1.165, 1.54) is 12.1 Å². The Morgan fingerprint density at radius 1 is 1.22 bits per heavy atom. The molecular formula is C16H18F3N3O. The quantitative estimate of drug-likeness (QED) is 0.691. The number of nitrogens with zero attached hydrogens (tertiary/aromatic N) is 2. The van der Waals surface area contributed by atoms with Gasteiger partial charge in [-0.3, -0.25) is 4.99 Å². The lowest BCUT2D eigenvalue weighted by atomic mass is 10.1. The summed E-state index contributed by atoms with van der Waals surface area (Å²) >= 11 is 0. The Morgan fingerprint density at radius 2 is 1.91 bits per heavy atom. The highest BCUT2D eigenvalue weighted by Crippen LogP contribution is 2.29. The first kappa shape index (κ1) is 16.9. The van der Waals surface area contributed by atoms with Crippen LogP contribution in [0, 0.1) is 0 Å². The van der Waals surface area contributed by atoms with Gasteiger partial charge in [0.25, 0.3) is 0 Å². The zero-order valence-corrected chi connectivity index (χ0v) is 12.9. The van der Waals surface area contributed by atoms with Crippen LogP contribution in [0.15, 0.2) is 52.1 Å². The number of furan rings is 1. The fourth-order valence-electron chi connectivity index (χ4n) is 2.11. The number of benzene rings is 1. The minimum Gasteiger partial charge on any atom is -0.467 e. The molecule has 2 rings (SSSR count). The lowest BCUT2D eigenvalue weighted by molar-refractivity contribution is -0.137. The van der Waals surface area contributed by atoms with Gasteiger partial charge in [-0.25, -0.2) is 0 Å². The van der Waals surface area contributed by atoms with Gasteiger partial charge >= 0.3 is 6.18 Å². The van der Waals surface area contributed by atoms with Crippen molar-refractivity contribution in [2.45, 2.75) is 19.3 Å². The molecule has 1 aromatic carbocycles. The molecule has 23 heavy (non-hydrogen) atoms. The van der Waals surface area contributed by atoms with Crippen LogP contribution in [0.3, 0.4) is 0 Å². The fraction of sp³-hybridized carbons (Fsp3) is 0.312. The van der Waals surface area contributed by atoms with Crippen molar-refractivity contribution in [1.29, 1.82) is 0 Å². The molecule has 0 radical (unpaired) electrons. The summed E-state index contributed by atoms with van der Waals surface area (Å²) in [6.45, 7) is 0.924. The van der Waals surface area contributed by atoms with E-state index >= 15 is 0 Å². The van der Waals surface area contributed by atoms with Crippen molar-refractivity contribution in [2.24, 2.45) is 4.99 Å². The van der Waals surface area contributed by atoms with E-state index in [0.717, 1.165) is 23.5 Å². The molecule has 4 nitrogen and oxygen atoms in total. The highest BCUT2D eigenvalue weighted by atomic mass is 19.4. The topological polar surface area (TPSA) is 40.8 Å². The number of aliphatic imine (C=N–C) groups is 1. The molecule has 0 fully saturated rings. The van der Waals surface area contributed by atoms with Gasteiger partial charge in [-0.2, -0.15) is 13.2 Å². The zero-order chi connectivity index (χ0) is 16.9. The molecule has 0 amide bonds. The first-order valence-electron chi connectivity index (χ1n) is 7.00. The number of halogens is 3. The van der Waals surface area contributed by atoms with Crippen molar-refractivity contribution >= 4 is 5.96 Å². The lowest BCUT2D eigenvalue weighted by Gasteiger charge is -2.22. The number of nitrogens with one attached hydrogen (secondary N) is 1. The highest BCUT2D eigenvalue weighted by molar-refractivity contribution is 5.79. The van der Waals surface area contributed by atoms with Gasteiger partial charge in [-0.05, 0) is 29.8 Å². The second-order valence-electron chi connectivity index (χ2n) is 5.03. The number of guanidine groups is 1. The minimum atomic E-state index is -4.31. The van der Waals surface area contributed by atoms with E-state index < -0.39 is 11.7 Å². The van der Waals surface area contributed by atoms with Crippen molar-refractivity contribution in [3.63, 3.8) is 0 Å². The molecule has 0 unspecified atom stereocenters. The van der Waals surface area contributed by atoms with Crippen LogP contribution in [-0.4, -0.2) is 25.0 Å². The molecule has 0 saturated heterocycles. The second kappa shape index (κ2) is 7.21. The molecule has 0 atom stereocenters. The summed E-state index contributed by atoms with van der Waals surface area (Å²) in [5.41, 5.74) is 0.116. The van der Waals surface area contributed by atoms with Crippen molar-refractivity contribution < 1.29 is 17.6 Å². The number of hydrogen-bond acceptors (Lipinski definition) is 2. The van der Waals surface area contributed by atoms with Crippen LogP contribution in [-0.2, 0) is 19.3 Å². The van der Waals surface area contributed by atoms with Crippen LogP contribution < -0.4 is 5.32 Å². The normalized spacial score (nSPS) is 12.3. The van der Waals surface area contributed by atoms with Crippen LogP contribution >= 0.6 is 0 Å². The first-order chi connectivity index (χ1) is 10.9. The lowest BCUT2D eigenvalue weighted by Crippen LogP contribution is -2.37. The molecule has 1 N–H and O–H groups in total. The Morgan fingerprint density at radius 3 is 2.43 bits per heavy atom. The van der Waals surface area contributed by atoms with Crippen LogP contribution in [0.2, 0.25) is 0 Å². The van der Waals surface area contributed by atoms with E-state index in [0.29, 0.717) is 19.0 Å². The highest BCUT2D eigenvalue weighted by Gasteiger charge is 2.29. The Labute approximate surface area is 132 Å². The van der Waals surface area contributed by atoms with E-state index in [9.17, 15) is 13.2 Å². The van der Waals surface area contributed by atoms with Crippen LogP contribution in [0.25, 0.3) is 0 Å². The Hall–Kier alpha value is -2.44. The summed E-state index contributed by atoms with van der Waals surface area (Å²) in [7, 11) is 3.46. The smallest absolute Gasteiger partial charge is 0.416 e. The summed E-state index contributed by atoms with van der Waals surface area (Å²) in [5.74, 6) is 1.40. The van der Waals surface area contributed by atoms with Crippen molar-refractivity contribution in [2.75, 3.05) is 14.1 Å². The van der Waals surface area contributed by atoms with Gasteiger partial charge in [0.15, 0.2) is 5.96 Å². The molecule has 2 aromatic rings. The third-order valence-corrected chi connectivity index (χ3v) is 3.28. The van der Waals surface area contributed by atoms with Gasteiger partial charge in [-0.15, -0.1) is 0 Å². The molecular weight excluding hydrogens is 307 g/mol. The molecule has 7 heteroatoms. The maximum absolute atomic E-state index is 12.6. The van der Waals surface area contributed by atoms with E-state index in [1.807, 2.05) is 18.0 Å². The Kier molecular flexibility index (Phi) is 5.31. The standard InChI is InChI=1S/C16H18F3N3O/c1-20-15(21-10-14-4-3-9-23-14)22(2)11-12-5-7-13(8-6-12)16(17,18)19/h3-9H,10-11H2,1-2H3,(H,20,21). The Balaban J connectivity index is 1.95. The van der Waals surface area contributed by atoms with Gasteiger partial charge in [0, 0.05) is 20.6 Å². The van der Waals surface area contributed by atoms with Gasteiger partial charge in [0.2, 0.25) is 0 Å². The van der Waals surface area contributed by atoms with E-state index in [-0.39, 0.29) is 0 Å². The molecule has 0 bridgehead atoms. The molecule has 0 aliphatic heterocycles. The van der Waals surface area contributed by atoms with Gasteiger partial charge in [0.05, 0.1) is 18.4 Å². The minimum absolute atomic E-state index is 0.440. The predicted molar refractivity (Wildman–Crippen MR) is 81.8 cm³/mol. The second-order valence-corrected chi connectivity index (χ2v) is 5.03. The van der Waals surface area contributed by atoms with Crippen molar-refractivity contribution in [1.82, 2.24) is 10.2 Å². The first-order valence-corrected chi connectivity index (χ1v) is 7.00. The maximum Gasteiger partial charge on any atom is 0.416 e. The van der Waals surface area contributed by atoms with Gasteiger partial charge in [-0.1, -0.05) is 12.1 Å². The summed E-state index contributed by atoms with van der Waals surface area (Å²) in [6.07, 6.45) is -2.73. The fourth-order valence-corrected chi connectivity index (χ4v) is 2.11. The SMILES string of the molecule is CN=C(NCc1ccco1)N(C)Cc1ccc(C(F)(F)F)cc1. The van der Waals surface area contributed by atoms with Crippen molar-refractivity contribution in [3.05, 3.63) is 59.5 Å². The van der Waals surface area contributed by atoms with Crippen LogP contribution in [0.4, 0.5) is 13.2 Å². The molecule has 0 saturated carbocycles. The van der Waals surface area contributed by atoms with E-state index in [2.05, 4.69) is 10.3 Å². The number of alkyl halides is 3. The number of rotatable bonds is 4. The number of hydrogen-bond donors (Lipinski definition) is 1. The van der Waals surface area contributed by atoms with Crippen LogP contribution in [0.5, 0.6) is 0 Å². The summed E-state index contributed by atoms with van der Waals surface area (Å²) in [5, 5.41) is 3.13. The summed E-state index contributed by atoms with van der Waals surface area (Å²) < 4.78 is 42.9. The maximum atomic E-state index is 12.6. The summed E-state index contributed by atoms with van der Waals surface area (Å²) in [4.78, 5) is 5.98. The third-order valence-electron chi connectivity index (χ3n) is 3.28. The Bertz CT molecular complexity index is 634. The van der Waals surface area contributed by atoms with Gasteiger partial charge < -0.3 is 14.6 Å². The molecule has 0 aliphatic carbocycles. The molecule has 0 aliphatic rings. The monoisotopic (exact) mass is 325 g/mol. The van der Waals surface area contributed by atoms with E-state index in [1.54, 1.807) is 19.4 Å². The zero-order valence-electron chi connectivity index (χ0n) is 12.9. The molecule has 1 heterocycles. The van der Waals surface area contributed by atoms with E-state index in [4.69, 9.17) is 4.42 Å². The van der Waals surface area contributed by atoms with Crippen LogP contribution in [0.1, 0.15) is 16.9 Å². The average Bonchev–Trinajstić information content (AvgIpc) is 3.01. The predicted octanol–water partition coefficient (Wildman–Crippen LogP) is 3.51. The third kappa shape index (κ3) is 4.77. The molecule has 124 valence electrons. The van der Waals surface area contributed by atoms with Crippen molar-refractivity contribution in [3.8, 4) is 0 Å². The summed E-state index contributed by atoms with van der Waals surface area (Å²) in [6, 6.07) is 8.75. The largest absolute Gasteiger partial charge is 0.467 e. The average molecular weight is 325 g/mol. The van der Waals surface area contributed by atoms with Gasteiger partial charge in [0.1, 0.15) is 5.76 Å². The molecule has 0 spiro atoms.